The first kappa shape index (κ1) is 14.2. The summed E-state index contributed by atoms with van der Waals surface area (Å²) in [6.07, 6.45) is 0.716. The first-order chi connectivity index (χ1) is 8.40. The lowest BCUT2D eigenvalue weighted by molar-refractivity contribution is -0.142. The first-order valence-corrected chi connectivity index (χ1v) is 5.73. The molecule has 0 radical (unpaired) electrons. The van der Waals surface area contributed by atoms with Gasteiger partial charge in [-0.25, -0.2) is 0 Å². The molecule has 0 saturated heterocycles. The summed E-state index contributed by atoms with van der Waals surface area (Å²) in [6, 6.07) is 1.55. The van der Waals surface area contributed by atoms with Gasteiger partial charge >= 0.3 is 5.97 Å². The number of hydrogen-bond acceptors (Lipinski definition) is 5. The lowest BCUT2D eigenvalue weighted by atomic mass is 9.94. The van der Waals surface area contributed by atoms with Gasteiger partial charge in [0.1, 0.15) is 5.76 Å². The van der Waals surface area contributed by atoms with Crippen molar-refractivity contribution in [3.63, 3.8) is 0 Å². The summed E-state index contributed by atoms with van der Waals surface area (Å²) < 4.78 is 9.45. The number of esters is 1. The third-order valence-corrected chi connectivity index (χ3v) is 2.82. The van der Waals surface area contributed by atoms with Crippen molar-refractivity contribution < 1.29 is 18.8 Å². The Morgan fingerprint density at radius 1 is 1.56 bits per heavy atom. The molecule has 0 aliphatic rings. The standard InChI is InChI=1S/C12H18N2O4/c1-5-12(3,7-10(15)17-4)13-11(16)9-6-8(2)18-14-9/h6H,5,7H2,1-4H3,(H,13,16)/t12-/m1/s1. The topological polar surface area (TPSA) is 81.4 Å². The fraction of sp³-hybridized carbons (Fsp3) is 0.583. The van der Waals surface area contributed by atoms with Crippen molar-refractivity contribution in [2.75, 3.05) is 7.11 Å². The number of carbonyl (C=O) groups is 2. The Bertz CT molecular complexity index is 441. The first-order valence-electron chi connectivity index (χ1n) is 5.73. The molecule has 0 fully saturated rings. The lowest BCUT2D eigenvalue weighted by Crippen LogP contribution is -2.47. The van der Waals surface area contributed by atoms with Gasteiger partial charge in [-0.3, -0.25) is 9.59 Å². The van der Waals surface area contributed by atoms with Crippen molar-refractivity contribution in [1.82, 2.24) is 10.5 Å². The monoisotopic (exact) mass is 254 g/mol. The summed E-state index contributed by atoms with van der Waals surface area (Å²) >= 11 is 0. The van der Waals surface area contributed by atoms with Crippen LogP contribution in [0.1, 0.15) is 42.9 Å². The van der Waals surface area contributed by atoms with Gasteiger partial charge < -0.3 is 14.6 Å². The second kappa shape index (κ2) is 5.66. The van der Waals surface area contributed by atoms with Gasteiger partial charge in [-0.2, -0.15) is 0 Å². The molecule has 6 heteroatoms. The Morgan fingerprint density at radius 2 is 2.22 bits per heavy atom. The maximum atomic E-state index is 11.9. The van der Waals surface area contributed by atoms with E-state index in [1.807, 2.05) is 6.92 Å². The zero-order valence-electron chi connectivity index (χ0n) is 11.1. The highest BCUT2D eigenvalue weighted by molar-refractivity contribution is 5.93. The number of rotatable bonds is 5. The molecule has 0 aromatic carbocycles. The van der Waals surface area contributed by atoms with Crippen molar-refractivity contribution in [3.8, 4) is 0 Å². The van der Waals surface area contributed by atoms with E-state index in [-0.39, 0.29) is 24.0 Å². The molecule has 18 heavy (non-hydrogen) atoms. The molecule has 0 aliphatic carbocycles. The van der Waals surface area contributed by atoms with Gasteiger partial charge in [0, 0.05) is 11.6 Å². The van der Waals surface area contributed by atoms with Crippen LogP contribution in [-0.4, -0.2) is 29.7 Å². The van der Waals surface area contributed by atoms with Crippen molar-refractivity contribution in [2.45, 2.75) is 39.2 Å². The third kappa shape index (κ3) is 3.58. The molecular weight excluding hydrogens is 236 g/mol. The highest BCUT2D eigenvalue weighted by atomic mass is 16.5. The number of carbonyl (C=O) groups excluding carboxylic acids is 2. The van der Waals surface area contributed by atoms with Crippen LogP contribution in [0.5, 0.6) is 0 Å². The van der Waals surface area contributed by atoms with Gasteiger partial charge in [-0.05, 0) is 20.3 Å². The van der Waals surface area contributed by atoms with E-state index in [9.17, 15) is 9.59 Å². The Balaban J connectivity index is 2.73. The van der Waals surface area contributed by atoms with Crippen LogP contribution in [0.25, 0.3) is 0 Å². The Labute approximate surface area is 106 Å². The molecule has 1 N–H and O–H groups in total. The minimum atomic E-state index is -0.656. The zero-order chi connectivity index (χ0) is 13.8. The molecular formula is C12H18N2O4. The number of aryl methyl sites for hydroxylation is 1. The number of ether oxygens (including phenoxy) is 1. The largest absolute Gasteiger partial charge is 0.469 e. The maximum Gasteiger partial charge on any atom is 0.307 e. The van der Waals surface area contributed by atoms with Crippen molar-refractivity contribution in [3.05, 3.63) is 17.5 Å². The summed E-state index contributed by atoms with van der Waals surface area (Å²) in [4.78, 5) is 23.2. The highest BCUT2D eigenvalue weighted by Gasteiger charge is 2.29. The number of aromatic nitrogens is 1. The lowest BCUT2D eigenvalue weighted by Gasteiger charge is -2.27. The minimum Gasteiger partial charge on any atom is -0.469 e. The molecule has 0 aliphatic heterocycles. The van der Waals surface area contributed by atoms with E-state index in [0.717, 1.165) is 0 Å². The molecule has 1 aromatic rings. The molecule has 6 nitrogen and oxygen atoms in total. The van der Waals surface area contributed by atoms with E-state index >= 15 is 0 Å². The smallest absolute Gasteiger partial charge is 0.307 e. The fourth-order valence-electron chi connectivity index (χ4n) is 1.46. The van der Waals surface area contributed by atoms with Crippen LogP contribution in [0.4, 0.5) is 0 Å². The number of nitrogens with zero attached hydrogens (tertiary/aromatic N) is 1. The zero-order valence-corrected chi connectivity index (χ0v) is 11.1. The van der Waals surface area contributed by atoms with Crippen LogP contribution >= 0.6 is 0 Å². The van der Waals surface area contributed by atoms with Crippen LogP contribution in [0, 0.1) is 6.92 Å². The van der Waals surface area contributed by atoms with Crippen molar-refractivity contribution in [2.24, 2.45) is 0 Å². The summed E-state index contributed by atoms with van der Waals surface area (Å²) in [5.41, 5.74) is -0.450. The molecule has 1 amide bonds. The van der Waals surface area contributed by atoms with Crippen LogP contribution in [0.3, 0.4) is 0 Å². The summed E-state index contributed by atoms with van der Waals surface area (Å²) in [5.74, 6) is -0.164. The van der Waals surface area contributed by atoms with Gasteiger partial charge in [-0.1, -0.05) is 12.1 Å². The number of amides is 1. The molecule has 1 rings (SSSR count). The quantitative estimate of drug-likeness (QED) is 0.804. The van der Waals surface area contributed by atoms with Crippen molar-refractivity contribution in [1.29, 1.82) is 0 Å². The number of methoxy groups -OCH3 is 1. The molecule has 0 saturated carbocycles. The van der Waals surface area contributed by atoms with Gasteiger partial charge in [0.15, 0.2) is 5.69 Å². The van der Waals surface area contributed by atoms with E-state index in [2.05, 4.69) is 15.2 Å². The molecule has 1 heterocycles. The highest BCUT2D eigenvalue weighted by Crippen LogP contribution is 2.16. The molecule has 100 valence electrons. The van der Waals surface area contributed by atoms with Gasteiger partial charge in [0.05, 0.1) is 13.5 Å². The van der Waals surface area contributed by atoms with Gasteiger partial charge in [0.25, 0.3) is 5.91 Å². The molecule has 0 unspecified atom stereocenters. The van der Waals surface area contributed by atoms with E-state index in [0.29, 0.717) is 12.2 Å². The Morgan fingerprint density at radius 3 is 2.67 bits per heavy atom. The van der Waals surface area contributed by atoms with Crippen LogP contribution in [-0.2, 0) is 9.53 Å². The van der Waals surface area contributed by atoms with Gasteiger partial charge in [0.2, 0.25) is 0 Å². The summed E-state index contributed by atoms with van der Waals surface area (Å²) in [6.45, 7) is 5.38. The number of nitrogens with one attached hydrogen (secondary N) is 1. The third-order valence-electron chi connectivity index (χ3n) is 2.82. The Kier molecular flexibility index (Phi) is 4.47. The average Bonchev–Trinajstić information content (AvgIpc) is 2.75. The minimum absolute atomic E-state index is 0.114. The predicted octanol–water partition coefficient (Wildman–Crippen LogP) is 1.44. The molecule has 0 bridgehead atoms. The van der Waals surface area contributed by atoms with E-state index in [1.54, 1.807) is 19.9 Å². The van der Waals surface area contributed by atoms with E-state index in [1.165, 1.54) is 7.11 Å². The second-order valence-electron chi connectivity index (χ2n) is 4.44. The van der Waals surface area contributed by atoms with Crippen LogP contribution in [0.15, 0.2) is 10.6 Å². The molecule has 1 atom stereocenters. The summed E-state index contributed by atoms with van der Waals surface area (Å²) in [7, 11) is 1.32. The van der Waals surface area contributed by atoms with Crippen LogP contribution in [0.2, 0.25) is 0 Å². The van der Waals surface area contributed by atoms with Crippen molar-refractivity contribution >= 4 is 11.9 Å². The molecule has 0 spiro atoms. The molecule has 1 aromatic heterocycles. The van der Waals surface area contributed by atoms with Gasteiger partial charge in [-0.15, -0.1) is 0 Å². The second-order valence-corrected chi connectivity index (χ2v) is 4.44. The van der Waals surface area contributed by atoms with Crippen LogP contribution < -0.4 is 5.32 Å². The normalized spacial score (nSPS) is 13.8. The SMILES string of the molecule is CC[C@](C)(CC(=O)OC)NC(=O)c1cc(C)on1. The fourth-order valence-corrected chi connectivity index (χ4v) is 1.46. The Hall–Kier alpha value is -1.85. The summed E-state index contributed by atoms with van der Waals surface area (Å²) in [5, 5.41) is 6.41. The van der Waals surface area contributed by atoms with E-state index in [4.69, 9.17) is 4.52 Å². The average molecular weight is 254 g/mol. The predicted molar refractivity (Wildman–Crippen MR) is 64.0 cm³/mol. The van der Waals surface area contributed by atoms with E-state index < -0.39 is 5.54 Å². The number of hydrogen-bond donors (Lipinski definition) is 1. The maximum absolute atomic E-state index is 11.9.